The van der Waals surface area contributed by atoms with Crippen LogP contribution in [0.4, 0.5) is 0 Å². The summed E-state index contributed by atoms with van der Waals surface area (Å²) in [6, 6.07) is 1.45. The van der Waals surface area contributed by atoms with Crippen LogP contribution < -0.4 is 0 Å². The van der Waals surface area contributed by atoms with Crippen molar-refractivity contribution in [2.24, 2.45) is 0 Å². The Morgan fingerprint density at radius 3 is 2.68 bits per heavy atom. The summed E-state index contributed by atoms with van der Waals surface area (Å²) < 4.78 is 5.06. The molecule has 0 spiro atoms. The summed E-state index contributed by atoms with van der Waals surface area (Å²) in [5.41, 5.74) is 0.779. The molecule has 0 bridgehead atoms. The maximum atomic E-state index is 12.1. The van der Waals surface area contributed by atoms with Gasteiger partial charge in [-0.15, -0.1) is 0 Å². The molecule has 2 rings (SSSR count). The number of fused-ring (bicyclic) bond motifs is 1. The van der Waals surface area contributed by atoms with Crippen molar-refractivity contribution in [2.45, 2.75) is 27.4 Å². The second-order valence-electron chi connectivity index (χ2n) is 4.86. The minimum Gasteiger partial charge on any atom is -0.507 e. The summed E-state index contributed by atoms with van der Waals surface area (Å²) >= 11 is 0. The molecule has 0 amide bonds. The van der Waals surface area contributed by atoms with Gasteiger partial charge >= 0.3 is 5.97 Å². The van der Waals surface area contributed by atoms with E-state index in [1.165, 1.54) is 19.2 Å². The number of carbonyl (C=O) groups is 3. The first-order valence-corrected chi connectivity index (χ1v) is 6.65. The molecule has 22 heavy (non-hydrogen) atoms. The number of aliphatic hydroxyl groups is 1. The molecule has 0 atom stereocenters. The number of aromatic nitrogens is 1. The molecular formula is C16H15NO5. The van der Waals surface area contributed by atoms with Gasteiger partial charge in [-0.25, -0.2) is 4.79 Å². The van der Waals surface area contributed by atoms with Crippen molar-refractivity contribution in [2.75, 3.05) is 0 Å². The van der Waals surface area contributed by atoms with Gasteiger partial charge in [0, 0.05) is 22.9 Å². The van der Waals surface area contributed by atoms with Crippen molar-refractivity contribution in [3.8, 4) is 0 Å². The number of hydrogen-bond donors (Lipinski definition) is 1. The molecule has 1 N–H and O–H groups in total. The zero-order valence-electron chi connectivity index (χ0n) is 12.5. The van der Waals surface area contributed by atoms with E-state index in [-0.39, 0.29) is 34.8 Å². The summed E-state index contributed by atoms with van der Waals surface area (Å²) in [7, 11) is 0. The van der Waals surface area contributed by atoms with Gasteiger partial charge in [0.2, 0.25) is 11.6 Å². The number of nitrogens with zero attached hydrogens (tertiary/aromatic N) is 1. The number of allylic oxidation sites excluding steroid dienone is 2. The molecular weight excluding hydrogens is 286 g/mol. The van der Waals surface area contributed by atoms with Crippen LogP contribution >= 0.6 is 0 Å². The van der Waals surface area contributed by atoms with E-state index in [1.807, 2.05) is 0 Å². The highest BCUT2D eigenvalue weighted by Gasteiger charge is 2.33. The van der Waals surface area contributed by atoms with Crippen LogP contribution in [0.15, 0.2) is 29.5 Å². The third kappa shape index (κ3) is 2.55. The number of pyridine rings is 1. The van der Waals surface area contributed by atoms with Crippen molar-refractivity contribution < 1.29 is 24.2 Å². The largest absolute Gasteiger partial charge is 0.507 e. The highest BCUT2D eigenvalue weighted by atomic mass is 16.5. The second kappa shape index (κ2) is 5.93. The van der Waals surface area contributed by atoms with Gasteiger partial charge in [-0.2, -0.15) is 0 Å². The van der Waals surface area contributed by atoms with E-state index in [2.05, 4.69) is 4.98 Å². The van der Waals surface area contributed by atoms with Crippen LogP contribution in [0.25, 0.3) is 5.76 Å². The van der Waals surface area contributed by atoms with Crippen molar-refractivity contribution in [3.05, 3.63) is 46.3 Å². The maximum absolute atomic E-state index is 12.1. The van der Waals surface area contributed by atoms with Crippen molar-refractivity contribution >= 4 is 23.3 Å². The molecule has 1 aliphatic carbocycles. The van der Waals surface area contributed by atoms with E-state index in [0.717, 1.165) is 0 Å². The zero-order chi connectivity index (χ0) is 16.4. The lowest BCUT2D eigenvalue weighted by Crippen LogP contribution is -2.25. The molecule has 1 heterocycles. The molecule has 1 aliphatic rings. The van der Waals surface area contributed by atoms with Gasteiger partial charge in [0.25, 0.3) is 0 Å². The minimum atomic E-state index is -0.782. The average molecular weight is 301 g/mol. The smallest absolute Gasteiger partial charge is 0.333 e. The first kappa shape index (κ1) is 15.6. The molecule has 1 aromatic heterocycles. The fourth-order valence-corrected chi connectivity index (χ4v) is 2.02. The molecule has 0 aromatic carbocycles. The summed E-state index contributed by atoms with van der Waals surface area (Å²) in [6.07, 6.45) is 2.99. The Morgan fingerprint density at radius 2 is 2.05 bits per heavy atom. The molecule has 0 saturated carbocycles. The Kier molecular flexibility index (Phi) is 4.21. The SMILES string of the molecule is CC=C(C)C(=O)OCc1nccc2c1C(=O)C(=O)C(C)=C2O. The number of rotatable bonds is 3. The number of hydrogen-bond acceptors (Lipinski definition) is 6. The van der Waals surface area contributed by atoms with E-state index in [9.17, 15) is 19.5 Å². The maximum Gasteiger partial charge on any atom is 0.333 e. The van der Waals surface area contributed by atoms with Crippen LogP contribution in [-0.4, -0.2) is 27.6 Å². The van der Waals surface area contributed by atoms with Crippen molar-refractivity contribution in [1.29, 1.82) is 0 Å². The molecule has 6 heteroatoms. The fraction of sp³-hybridized carbons (Fsp3) is 0.250. The number of carbonyl (C=O) groups excluding carboxylic acids is 3. The average Bonchev–Trinajstić information content (AvgIpc) is 2.54. The quantitative estimate of drug-likeness (QED) is 0.522. The van der Waals surface area contributed by atoms with E-state index in [1.54, 1.807) is 19.9 Å². The molecule has 0 radical (unpaired) electrons. The second-order valence-corrected chi connectivity index (χ2v) is 4.86. The van der Waals surface area contributed by atoms with Crippen LogP contribution in [0.5, 0.6) is 0 Å². The number of ketones is 2. The van der Waals surface area contributed by atoms with Crippen LogP contribution in [0.2, 0.25) is 0 Å². The van der Waals surface area contributed by atoms with Crippen molar-refractivity contribution in [3.63, 3.8) is 0 Å². The van der Waals surface area contributed by atoms with Gasteiger partial charge in [-0.05, 0) is 26.8 Å². The monoisotopic (exact) mass is 301 g/mol. The summed E-state index contributed by atoms with van der Waals surface area (Å²) in [4.78, 5) is 39.6. The van der Waals surface area contributed by atoms with Crippen LogP contribution in [0.3, 0.4) is 0 Å². The first-order valence-electron chi connectivity index (χ1n) is 6.65. The topological polar surface area (TPSA) is 93.6 Å². The van der Waals surface area contributed by atoms with Gasteiger partial charge in [0.1, 0.15) is 12.4 Å². The summed E-state index contributed by atoms with van der Waals surface area (Å²) in [5.74, 6) is -2.32. The number of Topliss-reactive ketones (excluding diaryl/α,β-unsaturated/α-hetero) is 2. The van der Waals surface area contributed by atoms with Gasteiger partial charge in [-0.1, -0.05) is 6.08 Å². The third-order valence-corrected chi connectivity index (χ3v) is 3.51. The Balaban J connectivity index is 2.40. The Hall–Kier alpha value is -2.76. The molecule has 0 unspecified atom stereocenters. The van der Waals surface area contributed by atoms with E-state index < -0.39 is 17.5 Å². The third-order valence-electron chi connectivity index (χ3n) is 3.51. The molecule has 6 nitrogen and oxygen atoms in total. The molecule has 114 valence electrons. The molecule has 0 aliphatic heterocycles. The summed E-state index contributed by atoms with van der Waals surface area (Å²) in [6.45, 7) is 4.43. The minimum absolute atomic E-state index is 0.00333. The van der Waals surface area contributed by atoms with E-state index in [4.69, 9.17) is 4.74 Å². The first-order chi connectivity index (χ1) is 10.4. The van der Waals surface area contributed by atoms with Crippen LogP contribution in [0, 0.1) is 0 Å². The summed E-state index contributed by atoms with van der Waals surface area (Å²) in [5, 5.41) is 10.0. The Morgan fingerprint density at radius 1 is 1.36 bits per heavy atom. The van der Waals surface area contributed by atoms with Gasteiger partial charge in [-0.3, -0.25) is 14.6 Å². The fourth-order valence-electron chi connectivity index (χ4n) is 2.02. The number of ether oxygens (including phenoxy) is 1. The Bertz CT molecular complexity index is 743. The van der Waals surface area contributed by atoms with Crippen LogP contribution in [0.1, 0.15) is 42.4 Å². The number of aliphatic hydroxyl groups excluding tert-OH is 1. The van der Waals surface area contributed by atoms with E-state index >= 15 is 0 Å². The predicted octanol–water partition coefficient (Wildman–Crippen LogP) is 2.15. The predicted molar refractivity (Wildman–Crippen MR) is 78.0 cm³/mol. The molecule has 1 aromatic rings. The highest BCUT2D eigenvalue weighted by molar-refractivity contribution is 6.52. The Labute approximate surface area is 127 Å². The lowest BCUT2D eigenvalue weighted by Gasteiger charge is -2.17. The van der Waals surface area contributed by atoms with Gasteiger partial charge in [0.15, 0.2) is 0 Å². The van der Waals surface area contributed by atoms with Gasteiger partial charge < -0.3 is 9.84 Å². The van der Waals surface area contributed by atoms with Gasteiger partial charge in [0.05, 0.1) is 11.3 Å². The standard InChI is InChI=1S/C16H15NO5/c1-4-8(2)16(21)22-7-11-12-10(5-6-17-11)13(18)9(3)14(19)15(12)20/h4-6,18H,7H2,1-3H3. The van der Waals surface area contributed by atoms with Crippen LogP contribution in [-0.2, 0) is 20.9 Å². The highest BCUT2D eigenvalue weighted by Crippen LogP contribution is 2.29. The van der Waals surface area contributed by atoms with Crippen molar-refractivity contribution in [1.82, 2.24) is 4.98 Å². The number of esters is 1. The molecule has 0 saturated heterocycles. The lowest BCUT2D eigenvalue weighted by atomic mass is 9.88. The lowest BCUT2D eigenvalue weighted by molar-refractivity contribution is -0.140. The van der Waals surface area contributed by atoms with E-state index in [0.29, 0.717) is 5.57 Å². The normalized spacial score (nSPS) is 15.0. The zero-order valence-corrected chi connectivity index (χ0v) is 12.5. The molecule has 0 fully saturated rings.